The van der Waals surface area contributed by atoms with E-state index in [1.165, 1.54) is 0 Å². The Morgan fingerprint density at radius 3 is 2.85 bits per heavy atom. The molecule has 2 rings (SSSR count). The summed E-state index contributed by atoms with van der Waals surface area (Å²) in [7, 11) is 0. The highest BCUT2D eigenvalue weighted by Crippen LogP contribution is 2.20. The van der Waals surface area contributed by atoms with E-state index in [0.717, 1.165) is 5.56 Å². The SMILES string of the molecule is O=C1CCC(CC(=O)OOCc2ccccc2)CCO1. The Hall–Kier alpha value is -1.88. The summed E-state index contributed by atoms with van der Waals surface area (Å²) in [5, 5.41) is 0. The van der Waals surface area contributed by atoms with E-state index in [0.29, 0.717) is 25.9 Å². The smallest absolute Gasteiger partial charge is 0.342 e. The van der Waals surface area contributed by atoms with E-state index in [1.807, 2.05) is 30.3 Å². The van der Waals surface area contributed by atoms with Crippen molar-refractivity contribution in [3.8, 4) is 0 Å². The average molecular weight is 278 g/mol. The van der Waals surface area contributed by atoms with E-state index in [4.69, 9.17) is 14.5 Å². The molecular weight excluding hydrogens is 260 g/mol. The fourth-order valence-electron chi connectivity index (χ4n) is 2.09. The lowest BCUT2D eigenvalue weighted by Gasteiger charge is -2.10. The van der Waals surface area contributed by atoms with Crippen molar-refractivity contribution < 1.29 is 24.1 Å². The van der Waals surface area contributed by atoms with Crippen molar-refractivity contribution >= 4 is 11.9 Å². The molecule has 0 saturated carbocycles. The number of rotatable bonds is 5. The van der Waals surface area contributed by atoms with Crippen LogP contribution >= 0.6 is 0 Å². The molecule has 0 radical (unpaired) electrons. The van der Waals surface area contributed by atoms with Gasteiger partial charge in [0.25, 0.3) is 0 Å². The van der Waals surface area contributed by atoms with Crippen LogP contribution in [0.25, 0.3) is 0 Å². The molecule has 1 atom stereocenters. The highest BCUT2D eigenvalue weighted by atomic mass is 17.2. The molecule has 5 nitrogen and oxygen atoms in total. The standard InChI is InChI=1S/C15H18O5/c16-14-7-6-12(8-9-18-14)10-15(17)20-19-11-13-4-2-1-3-5-13/h1-5,12H,6-11H2. The summed E-state index contributed by atoms with van der Waals surface area (Å²) in [6.07, 6.45) is 1.97. The lowest BCUT2D eigenvalue weighted by atomic mass is 9.97. The first-order chi connectivity index (χ1) is 9.74. The third-order valence-electron chi connectivity index (χ3n) is 3.22. The summed E-state index contributed by atoms with van der Waals surface area (Å²) in [6, 6.07) is 9.47. The van der Waals surface area contributed by atoms with Crippen LogP contribution in [0, 0.1) is 5.92 Å². The number of carbonyl (C=O) groups excluding carboxylic acids is 2. The molecule has 0 amide bonds. The number of cyclic esters (lactones) is 1. The highest BCUT2D eigenvalue weighted by Gasteiger charge is 2.21. The molecule has 1 unspecified atom stereocenters. The Morgan fingerprint density at radius 1 is 1.25 bits per heavy atom. The highest BCUT2D eigenvalue weighted by molar-refractivity contribution is 5.71. The number of ether oxygens (including phenoxy) is 1. The molecule has 1 aliphatic rings. The second-order valence-corrected chi connectivity index (χ2v) is 4.82. The Bertz CT molecular complexity index is 443. The van der Waals surface area contributed by atoms with Crippen LogP contribution in [-0.2, 0) is 30.7 Å². The van der Waals surface area contributed by atoms with E-state index in [1.54, 1.807) is 0 Å². The zero-order chi connectivity index (χ0) is 14.2. The van der Waals surface area contributed by atoms with E-state index >= 15 is 0 Å². The molecule has 1 saturated heterocycles. The number of esters is 1. The largest absolute Gasteiger partial charge is 0.466 e. The first-order valence-corrected chi connectivity index (χ1v) is 6.76. The molecule has 108 valence electrons. The van der Waals surface area contributed by atoms with Crippen molar-refractivity contribution in [3.63, 3.8) is 0 Å². The van der Waals surface area contributed by atoms with Crippen molar-refractivity contribution in [1.29, 1.82) is 0 Å². The number of carbonyl (C=O) groups is 2. The maximum absolute atomic E-state index is 11.6. The molecule has 20 heavy (non-hydrogen) atoms. The van der Waals surface area contributed by atoms with Crippen LogP contribution in [0.5, 0.6) is 0 Å². The minimum absolute atomic E-state index is 0.120. The van der Waals surface area contributed by atoms with Crippen LogP contribution in [-0.4, -0.2) is 18.5 Å². The zero-order valence-electron chi connectivity index (χ0n) is 11.2. The Kier molecular flexibility index (Phi) is 5.55. The second-order valence-electron chi connectivity index (χ2n) is 4.82. The molecule has 1 fully saturated rings. The van der Waals surface area contributed by atoms with Gasteiger partial charge < -0.3 is 4.74 Å². The van der Waals surface area contributed by atoms with Crippen LogP contribution in [0.3, 0.4) is 0 Å². The summed E-state index contributed by atoms with van der Waals surface area (Å²) in [6.45, 7) is 0.612. The van der Waals surface area contributed by atoms with Gasteiger partial charge >= 0.3 is 11.9 Å². The fraction of sp³-hybridized carbons (Fsp3) is 0.467. The van der Waals surface area contributed by atoms with Gasteiger partial charge in [0.1, 0.15) is 6.61 Å². The molecule has 0 aromatic heterocycles. The van der Waals surface area contributed by atoms with E-state index in [9.17, 15) is 9.59 Å². The fourth-order valence-corrected chi connectivity index (χ4v) is 2.09. The summed E-state index contributed by atoms with van der Waals surface area (Å²) >= 11 is 0. The summed E-state index contributed by atoms with van der Waals surface area (Å²) in [5.41, 5.74) is 0.939. The van der Waals surface area contributed by atoms with Gasteiger partial charge in [0.05, 0.1) is 13.0 Å². The van der Waals surface area contributed by atoms with Gasteiger partial charge in [-0.15, -0.1) is 0 Å². The molecule has 5 heteroatoms. The van der Waals surface area contributed by atoms with Crippen LogP contribution < -0.4 is 0 Å². The number of benzene rings is 1. The quantitative estimate of drug-likeness (QED) is 0.470. The van der Waals surface area contributed by atoms with E-state index in [2.05, 4.69) is 0 Å². The normalized spacial score (nSPS) is 19.0. The average Bonchev–Trinajstić information content (AvgIpc) is 2.65. The van der Waals surface area contributed by atoms with Gasteiger partial charge in [-0.1, -0.05) is 30.3 Å². The minimum atomic E-state index is -0.403. The van der Waals surface area contributed by atoms with Gasteiger partial charge in [0.2, 0.25) is 0 Å². The lowest BCUT2D eigenvalue weighted by Crippen LogP contribution is -2.12. The van der Waals surface area contributed by atoms with Crippen LogP contribution in [0.15, 0.2) is 30.3 Å². The van der Waals surface area contributed by atoms with Crippen molar-refractivity contribution in [2.75, 3.05) is 6.61 Å². The predicted octanol–water partition coefficient (Wildman–Crippen LogP) is 2.39. The molecule has 1 aromatic carbocycles. The molecule has 1 heterocycles. The van der Waals surface area contributed by atoms with Crippen LogP contribution in [0.4, 0.5) is 0 Å². The van der Waals surface area contributed by atoms with Gasteiger partial charge in [0, 0.05) is 6.42 Å². The van der Waals surface area contributed by atoms with Gasteiger partial charge in [-0.25, -0.2) is 4.79 Å². The molecule has 0 aliphatic carbocycles. The Morgan fingerprint density at radius 2 is 2.05 bits per heavy atom. The third-order valence-corrected chi connectivity index (χ3v) is 3.22. The summed E-state index contributed by atoms with van der Waals surface area (Å²) < 4.78 is 4.93. The number of hydrogen-bond donors (Lipinski definition) is 0. The number of hydrogen-bond acceptors (Lipinski definition) is 5. The van der Waals surface area contributed by atoms with Gasteiger partial charge in [-0.2, -0.15) is 4.89 Å². The zero-order valence-corrected chi connectivity index (χ0v) is 11.2. The molecular formula is C15H18O5. The lowest BCUT2D eigenvalue weighted by molar-refractivity contribution is -0.280. The van der Waals surface area contributed by atoms with Crippen molar-refractivity contribution in [2.24, 2.45) is 5.92 Å². The third kappa shape index (κ3) is 5.01. The predicted molar refractivity (Wildman–Crippen MR) is 70.2 cm³/mol. The molecule has 0 N–H and O–H groups in total. The minimum Gasteiger partial charge on any atom is -0.466 e. The maximum Gasteiger partial charge on any atom is 0.342 e. The van der Waals surface area contributed by atoms with Gasteiger partial charge in [-0.05, 0) is 24.3 Å². The first-order valence-electron chi connectivity index (χ1n) is 6.76. The summed E-state index contributed by atoms with van der Waals surface area (Å²) in [4.78, 5) is 32.4. The summed E-state index contributed by atoms with van der Waals surface area (Å²) in [5.74, 6) is -0.476. The van der Waals surface area contributed by atoms with Crippen LogP contribution in [0.2, 0.25) is 0 Å². The molecule has 1 aliphatic heterocycles. The van der Waals surface area contributed by atoms with Crippen molar-refractivity contribution in [1.82, 2.24) is 0 Å². The van der Waals surface area contributed by atoms with Crippen LogP contribution in [0.1, 0.15) is 31.2 Å². The van der Waals surface area contributed by atoms with Gasteiger partial charge in [0.15, 0.2) is 0 Å². The Labute approximate surface area is 117 Å². The van der Waals surface area contributed by atoms with Crippen molar-refractivity contribution in [2.45, 2.75) is 32.3 Å². The topological polar surface area (TPSA) is 61.8 Å². The first kappa shape index (κ1) is 14.5. The van der Waals surface area contributed by atoms with E-state index < -0.39 is 5.97 Å². The molecule has 1 aromatic rings. The maximum atomic E-state index is 11.6. The Balaban J connectivity index is 1.66. The molecule has 0 spiro atoms. The molecule has 0 bridgehead atoms. The monoisotopic (exact) mass is 278 g/mol. The van der Waals surface area contributed by atoms with E-state index in [-0.39, 0.29) is 24.9 Å². The van der Waals surface area contributed by atoms with Crippen molar-refractivity contribution in [3.05, 3.63) is 35.9 Å². The second kappa shape index (κ2) is 7.65. The van der Waals surface area contributed by atoms with Gasteiger partial charge in [-0.3, -0.25) is 9.68 Å².